The number of methoxy groups -OCH3 is 1. The van der Waals surface area contributed by atoms with E-state index in [1.54, 1.807) is 18.2 Å². The summed E-state index contributed by atoms with van der Waals surface area (Å²) in [4.78, 5) is 35.6. The van der Waals surface area contributed by atoms with Crippen LogP contribution in [0.15, 0.2) is 48.5 Å². The van der Waals surface area contributed by atoms with E-state index in [2.05, 4.69) is 15.4 Å². The van der Waals surface area contributed by atoms with Gasteiger partial charge in [-0.1, -0.05) is 37.3 Å². The summed E-state index contributed by atoms with van der Waals surface area (Å²) in [7, 11) is 1.27. The highest BCUT2D eigenvalue weighted by Gasteiger charge is 2.14. The van der Waals surface area contributed by atoms with Gasteiger partial charge in [0, 0.05) is 5.69 Å². The van der Waals surface area contributed by atoms with Gasteiger partial charge in [-0.3, -0.25) is 9.59 Å². The molecule has 7 heteroatoms. The molecule has 142 valence electrons. The fourth-order valence-electron chi connectivity index (χ4n) is 2.39. The van der Waals surface area contributed by atoms with Crippen LogP contribution in [0.3, 0.4) is 0 Å². The van der Waals surface area contributed by atoms with Crippen LogP contribution in [0, 0.1) is 0 Å². The smallest absolute Gasteiger partial charge is 0.341 e. The lowest BCUT2D eigenvalue weighted by Crippen LogP contribution is -2.36. The average molecular weight is 370 g/mol. The molecule has 2 aromatic rings. The second-order valence-electron chi connectivity index (χ2n) is 5.61. The maximum Gasteiger partial charge on any atom is 0.341 e. The lowest BCUT2D eigenvalue weighted by molar-refractivity contribution is -0.125. The molecular weight excluding hydrogens is 348 g/mol. The number of anilines is 1. The molecule has 2 amide bonds. The number of carbonyl (C=O) groups excluding carboxylic acids is 3. The number of para-hydroxylation sites is 2. The molecule has 0 atom stereocenters. The van der Waals surface area contributed by atoms with Crippen molar-refractivity contribution in [2.45, 2.75) is 13.3 Å². The van der Waals surface area contributed by atoms with Gasteiger partial charge in [0.1, 0.15) is 11.3 Å². The lowest BCUT2D eigenvalue weighted by Gasteiger charge is -2.11. The molecule has 0 spiro atoms. The maximum atomic E-state index is 12.0. The van der Waals surface area contributed by atoms with Crippen LogP contribution in [0.5, 0.6) is 5.75 Å². The van der Waals surface area contributed by atoms with E-state index in [0.717, 1.165) is 17.7 Å². The molecule has 0 radical (unpaired) electrons. The second kappa shape index (κ2) is 9.96. The largest absolute Gasteiger partial charge is 0.483 e. The number of hydrogen-bond acceptors (Lipinski definition) is 5. The highest BCUT2D eigenvalue weighted by molar-refractivity contribution is 5.95. The predicted octanol–water partition coefficient (Wildman–Crippen LogP) is 2.17. The second-order valence-corrected chi connectivity index (χ2v) is 5.61. The van der Waals surface area contributed by atoms with Crippen molar-refractivity contribution >= 4 is 23.5 Å². The number of esters is 1. The zero-order valence-electron chi connectivity index (χ0n) is 15.3. The molecule has 2 rings (SSSR count). The van der Waals surface area contributed by atoms with E-state index in [1.165, 1.54) is 13.2 Å². The molecule has 0 bridgehead atoms. The molecule has 0 fully saturated rings. The van der Waals surface area contributed by atoms with Crippen molar-refractivity contribution in [3.05, 3.63) is 59.7 Å². The van der Waals surface area contributed by atoms with Crippen molar-refractivity contribution in [1.82, 2.24) is 5.32 Å². The van der Waals surface area contributed by atoms with Gasteiger partial charge in [0.15, 0.2) is 6.61 Å². The van der Waals surface area contributed by atoms with Crippen molar-refractivity contribution in [1.29, 1.82) is 0 Å². The molecule has 27 heavy (non-hydrogen) atoms. The van der Waals surface area contributed by atoms with Gasteiger partial charge in [0.05, 0.1) is 13.7 Å². The Morgan fingerprint density at radius 1 is 0.963 bits per heavy atom. The topological polar surface area (TPSA) is 93.7 Å². The van der Waals surface area contributed by atoms with Crippen molar-refractivity contribution in [2.24, 2.45) is 0 Å². The Hall–Kier alpha value is -3.35. The Morgan fingerprint density at radius 3 is 2.41 bits per heavy atom. The van der Waals surface area contributed by atoms with Gasteiger partial charge >= 0.3 is 5.97 Å². The normalized spacial score (nSPS) is 10.0. The molecule has 0 saturated heterocycles. The Bertz CT molecular complexity index is 820. The summed E-state index contributed by atoms with van der Waals surface area (Å²) >= 11 is 0. The van der Waals surface area contributed by atoms with Crippen LogP contribution in [0.2, 0.25) is 0 Å². The van der Waals surface area contributed by atoms with Crippen LogP contribution in [0.4, 0.5) is 5.69 Å². The van der Waals surface area contributed by atoms with E-state index in [0.29, 0.717) is 0 Å². The number of aryl methyl sites for hydroxylation is 1. The fraction of sp³-hybridized carbons (Fsp3) is 0.250. The number of ether oxygens (including phenoxy) is 2. The van der Waals surface area contributed by atoms with Gasteiger partial charge in [0.25, 0.3) is 5.91 Å². The predicted molar refractivity (Wildman–Crippen MR) is 101 cm³/mol. The summed E-state index contributed by atoms with van der Waals surface area (Å²) in [6, 6.07) is 13.9. The first-order chi connectivity index (χ1) is 13.0. The summed E-state index contributed by atoms with van der Waals surface area (Å²) in [5.41, 5.74) is 1.96. The molecule has 2 N–H and O–H groups in total. The van der Waals surface area contributed by atoms with Gasteiger partial charge in [-0.2, -0.15) is 0 Å². The van der Waals surface area contributed by atoms with Crippen molar-refractivity contribution < 1.29 is 23.9 Å². The minimum absolute atomic E-state index is 0.182. The SMILES string of the molecule is CCc1ccccc1NC(=O)CNC(=O)COc1ccccc1C(=O)OC. The zero-order chi connectivity index (χ0) is 19.6. The molecule has 0 aliphatic heterocycles. The number of carbonyl (C=O) groups is 3. The third-order valence-corrected chi connectivity index (χ3v) is 3.77. The Kier molecular flexibility index (Phi) is 7.37. The molecule has 0 saturated carbocycles. The third kappa shape index (κ3) is 5.85. The highest BCUT2D eigenvalue weighted by atomic mass is 16.5. The molecule has 0 aliphatic rings. The molecule has 0 aromatic heterocycles. The Balaban J connectivity index is 1.83. The molecule has 0 heterocycles. The quantitative estimate of drug-likeness (QED) is 0.695. The van der Waals surface area contributed by atoms with Gasteiger partial charge in [0.2, 0.25) is 5.91 Å². The van der Waals surface area contributed by atoms with Crippen LogP contribution < -0.4 is 15.4 Å². The van der Waals surface area contributed by atoms with Crippen LogP contribution in [0.25, 0.3) is 0 Å². The van der Waals surface area contributed by atoms with Crippen LogP contribution in [0.1, 0.15) is 22.8 Å². The van der Waals surface area contributed by atoms with Gasteiger partial charge in [-0.05, 0) is 30.2 Å². The summed E-state index contributed by atoms with van der Waals surface area (Å²) in [5.74, 6) is -1.13. The van der Waals surface area contributed by atoms with Crippen molar-refractivity contribution in [3.63, 3.8) is 0 Å². The standard InChI is InChI=1S/C20H22N2O5/c1-3-14-8-4-6-10-16(14)22-18(23)12-21-19(24)13-27-17-11-7-5-9-15(17)20(25)26-2/h4-11H,3,12-13H2,1-2H3,(H,21,24)(H,22,23). The number of rotatable bonds is 8. The maximum absolute atomic E-state index is 12.0. The van der Waals surface area contributed by atoms with Crippen LogP contribution in [-0.4, -0.2) is 38.0 Å². The van der Waals surface area contributed by atoms with Crippen LogP contribution >= 0.6 is 0 Å². The van der Waals surface area contributed by atoms with E-state index >= 15 is 0 Å². The highest BCUT2D eigenvalue weighted by Crippen LogP contribution is 2.18. The van der Waals surface area contributed by atoms with Crippen LogP contribution in [-0.2, 0) is 20.7 Å². The van der Waals surface area contributed by atoms with E-state index < -0.39 is 11.9 Å². The molecule has 7 nitrogen and oxygen atoms in total. The number of nitrogens with one attached hydrogen (secondary N) is 2. The number of amides is 2. The molecule has 0 unspecified atom stereocenters. The first-order valence-corrected chi connectivity index (χ1v) is 8.49. The monoisotopic (exact) mass is 370 g/mol. The van der Waals surface area contributed by atoms with Gasteiger partial charge in [-0.25, -0.2) is 4.79 Å². The van der Waals surface area contributed by atoms with E-state index in [-0.39, 0.29) is 30.4 Å². The minimum Gasteiger partial charge on any atom is -0.483 e. The van der Waals surface area contributed by atoms with Crippen molar-refractivity contribution in [3.8, 4) is 5.75 Å². The average Bonchev–Trinajstić information content (AvgIpc) is 2.70. The van der Waals surface area contributed by atoms with E-state index in [1.807, 2.05) is 31.2 Å². The zero-order valence-corrected chi connectivity index (χ0v) is 15.3. The third-order valence-electron chi connectivity index (χ3n) is 3.77. The molecule has 2 aromatic carbocycles. The summed E-state index contributed by atoms with van der Waals surface area (Å²) < 4.78 is 10.0. The first-order valence-electron chi connectivity index (χ1n) is 8.49. The molecular formula is C20H22N2O5. The Morgan fingerprint density at radius 2 is 1.67 bits per heavy atom. The Labute approximate surface area is 157 Å². The minimum atomic E-state index is -0.556. The van der Waals surface area contributed by atoms with E-state index in [4.69, 9.17) is 4.74 Å². The van der Waals surface area contributed by atoms with Gasteiger partial charge in [-0.15, -0.1) is 0 Å². The number of hydrogen-bond donors (Lipinski definition) is 2. The molecule has 0 aliphatic carbocycles. The number of benzene rings is 2. The summed E-state index contributed by atoms with van der Waals surface area (Å²) in [5, 5.41) is 5.25. The fourth-order valence-corrected chi connectivity index (χ4v) is 2.39. The lowest BCUT2D eigenvalue weighted by atomic mass is 10.1. The van der Waals surface area contributed by atoms with Crippen molar-refractivity contribution in [2.75, 3.05) is 25.6 Å². The van der Waals surface area contributed by atoms with Gasteiger partial charge < -0.3 is 20.1 Å². The van der Waals surface area contributed by atoms with E-state index in [9.17, 15) is 14.4 Å². The summed E-state index contributed by atoms with van der Waals surface area (Å²) in [6.45, 7) is 1.49. The first kappa shape index (κ1) is 20.0. The summed E-state index contributed by atoms with van der Waals surface area (Å²) in [6.07, 6.45) is 0.788.